The Balaban J connectivity index is 0.00000312. The third-order valence-electron chi connectivity index (χ3n) is 3.59. The molecule has 1 atom stereocenters. The van der Waals surface area contributed by atoms with Crippen LogP contribution >= 0.6 is 12.4 Å². The second-order valence-corrected chi connectivity index (χ2v) is 5.44. The zero-order valence-electron chi connectivity index (χ0n) is 13.8. The SMILES string of the molecule is COc1ccc([C@H](N)CCC(F)(F)F)cc1OCc1ccccc1.Cl. The number of nitrogens with two attached hydrogens (primary N) is 1. The Kier molecular flexibility index (Phi) is 8.06. The van der Waals surface area contributed by atoms with E-state index in [0.29, 0.717) is 23.7 Å². The molecule has 2 aromatic carbocycles. The second kappa shape index (κ2) is 9.53. The lowest BCUT2D eigenvalue weighted by molar-refractivity contribution is -0.136. The van der Waals surface area contributed by atoms with Crippen LogP contribution < -0.4 is 15.2 Å². The summed E-state index contributed by atoms with van der Waals surface area (Å²) in [7, 11) is 1.51. The van der Waals surface area contributed by atoms with Crippen molar-refractivity contribution in [2.45, 2.75) is 31.7 Å². The van der Waals surface area contributed by atoms with Gasteiger partial charge in [-0.05, 0) is 29.7 Å². The Morgan fingerprint density at radius 1 is 1.04 bits per heavy atom. The minimum absolute atomic E-state index is 0. The molecule has 3 nitrogen and oxygen atoms in total. The van der Waals surface area contributed by atoms with Crippen molar-refractivity contribution in [1.29, 1.82) is 0 Å². The number of hydrogen-bond donors (Lipinski definition) is 1. The smallest absolute Gasteiger partial charge is 0.389 e. The fourth-order valence-electron chi connectivity index (χ4n) is 2.26. The van der Waals surface area contributed by atoms with Crippen molar-refractivity contribution in [3.05, 3.63) is 59.7 Å². The van der Waals surface area contributed by atoms with E-state index in [-0.39, 0.29) is 18.8 Å². The highest BCUT2D eigenvalue weighted by molar-refractivity contribution is 5.85. The van der Waals surface area contributed by atoms with E-state index in [0.717, 1.165) is 5.56 Å². The maximum atomic E-state index is 12.3. The predicted octanol–water partition coefficient (Wildman–Crippen LogP) is 5.04. The molecule has 0 bridgehead atoms. The van der Waals surface area contributed by atoms with Crippen molar-refractivity contribution >= 4 is 12.4 Å². The van der Waals surface area contributed by atoms with Gasteiger partial charge in [0.25, 0.3) is 0 Å². The normalized spacial score (nSPS) is 12.2. The number of halogens is 4. The summed E-state index contributed by atoms with van der Waals surface area (Å²) in [5.74, 6) is 0.971. The van der Waals surface area contributed by atoms with Crippen molar-refractivity contribution in [2.24, 2.45) is 5.73 Å². The molecule has 7 heteroatoms. The molecule has 0 aliphatic rings. The third kappa shape index (κ3) is 6.84. The van der Waals surface area contributed by atoms with Crippen LogP contribution in [0.3, 0.4) is 0 Å². The highest BCUT2D eigenvalue weighted by Crippen LogP contribution is 2.33. The van der Waals surface area contributed by atoms with E-state index in [2.05, 4.69) is 0 Å². The first-order valence-corrected chi connectivity index (χ1v) is 7.56. The summed E-state index contributed by atoms with van der Waals surface area (Å²) in [4.78, 5) is 0. The summed E-state index contributed by atoms with van der Waals surface area (Å²) < 4.78 is 48.0. The lowest BCUT2D eigenvalue weighted by atomic mass is 10.0. The van der Waals surface area contributed by atoms with Crippen LogP contribution in [0.15, 0.2) is 48.5 Å². The molecule has 2 rings (SSSR count). The largest absolute Gasteiger partial charge is 0.493 e. The fraction of sp³-hybridized carbons (Fsp3) is 0.333. The van der Waals surface area contributed by atoms with Crippen LogP contribution in [0.4, 0.5) is 13.2 Å². The minimum atomic E-state index is -4.21. The van der Waals surface area contributed by atoms with Gasteiger partial charge < -0.3 is 15.2 Å². The van der Waals surface area contributed by atoms with E-state index in [9.17, 15) is 13.2 Å². The number of hydrogen-bond acceptors (Lipinski definition) is 3. The van der Waals surface area contributed by atoms with Gasteiger partial charge in [0, 0.05) is 12.5 Å². The van der Waals surface area contributed by atoms with Gasteiger partial charge >= 0.3 is 6.18 Å². The lowest BCUT2D eigenvalue weighted by Gasteiger charge is -2.17. The summed E-state index contributed by atoms with van der Waals surface area (Å²) in [6.07, 6.45) is -5.30. The topological polar surface area (TPSA) is 44.5 Å². The van der Waals surface area contributed by atoms with E-state index in [1.54, 1.807) is 18.2 Å². The van der Waals surface area contributed by atoms with Gasteiger partial charge in [0.2, 0.25) is 0 Å². The van der Waals surface area contributed by atoms with Crippen molar-refractivity contribution in [3.8, 4) is 11.5 Å². The number of alkyl halides is 3. The number of ether oxygens (including phenoxy) is 2. The molecule has 0 amide bonds. The van der Waals surface area contributed by atoms with Gasteiger partial charge in [-0.25, -0.2) is 0 Å². The van der Waals surface area contributed by atoms with Crippen LogP contribution in [0.2, 0.25) is 0 Å². The van der Waals surface area contributed by atoms with Crippen LogP contribution in [0.5, 0.6) is 11.5 Å². The average molecular weight is 376 g/mol. The Bertz CT molecular complexity index is 651. The number of rotatable bonds is 7. The number of benzene rings is 2. The van der Waals surface area contributed by atoms with Gasteiger partial charge in [-0.2, -0.15) is 13.2 Å². The first kappa shape index (κ1) is 21.1. The van der Waals surface area contributed by atoms with Crippen molar-refractivity contribution < 1.29 is 22.6 Å². The standard InChI is InChI=1S/C18H20F3NO2.ClH/c1-23-16-8-7-14(15(22)9-10-18(19,20)21)11-17(16)24-12-13-5-3-2-4-6-13;/h2-8,11,15H,9-10,12,22H2,1H3;1H/t15-;/m1./s1. The molecule has 0 unspecified atom stereocenters. The first-order chi connectivity index (χ1) is 11.4. The molecule has 138 valence electrons. The van der Waals surface area contributed by atoms with Gasteiger partial charge in [0.1, 0.15) is 6.61 Å². The first-order valence-electron chi connectivity index (χ1n) is 7.56. The average Bonchev–Trinajstić information content (AvgIpc) is 2.57. The molecule has 0 aliphatic heterocycles. The zero-order valence-corrected chi connectivity index (χ0v) is 14.6. The van der Waals surface area contributed by atoms with E-state index in [1.807, 2.05) is 30.3 Å². The molecular formula is C18H21ClF3NO2. The second-order valence-electron chi connectivity index (χ2n) is 5.44. The number of methoxy groups -OCH3 is 1. The monoisotopic (exact) mass is 375 g/mol. The van der Waals surface area contributed by atoms with E-state index >= 15 is 0 Å². The minimum Gasteiger partial charge on any atom is -0.493 e. The summed E-state index contributed by atoms with van der Waals surface area (Å²) in [6, 6.07) is 13.8. The van der Waals surface area contributed by atoms with Crippen LogP contribution in [-0.4, -0.2) is 13.3 Å². The summed E-state index contributed by atoms with van der Waals surface area (Å²) >= 11 is 0. The highest BCUT2D eigenvalue weighted by atomic mass is 35.5. The molecule has 0 aliphatic carbocycles. The van der Waals surface area contributed by atoms with Gasteiger partial charge in [-0.15, -0.1) is 12.4 Å². The summed E-state index contributed by atoms with van der Waals surface area (Å²) in [5.41, 5.74) is 7.44. The molecular weight excluding hydrogens is 355 g/mol. The molecule has 0 aromatic heterocycles. The van der Waals surface area contributed by atoms with E-state index in [4.69, 9.17) is 15.2 Å². The Morgan fingerprint density at radius 3 is 2.32 bits per heavy atom. The maximum Gasteiger partial charge on any atom is 0.389 e. The molecule has 0 saturated carbocycles. The van der Waals surface area contributed by atoms with Crippen LogP contribution in [0.25, 0.3) is 0 Å². The van der Waals surface area contributed by atoms with E-state index < -0.39 is 18.6 Å². The zero-order chi connectivity index (χ0) is 17.6. The van der Waals surface area contributed by atoms with Crippen molar-refractivity contribution in [2.75, 3.05) is 7.11 Å². The Labute approximate surface area is 151 Å². The highest BCUT2D eigenvalue weighted by Gasteiger charge is 2.28. The lowest BCUT2D eigenvalue weighted by Crippen LogP contribution is -2.16. The summed E-state index contributed by atoms with van der Waals surface area (Å²) in [5, 5.41) is 0. The molecule has 0 spiro atoms. The fourth-order valence-corrected chi connectivity index (χ4v) is 2.26. The Hall–Kier alpha value is -1.92. The summed E-state index contributed by atoms with van der Waals surface area (Å²) in [6.45, 7) is 0.332. The maximum absolute atomic E-state index is 12.3. The molecule has 0 radical (unpaired) electrons. The van der Waals surface area contributed by atoms with Gasteiger partial charge in [-0.3, -0.25) is 0 Å². The molecule has 0 fully saturated rings. The molecule has 25 heavy (non-hydrogen) atoms. The van der Waals surface area contributed by atoms with Crippen LogP contribution in [0, 0.1) is 0 Å². The van der Waals surface area contributed by atoms with Gasteiger partial charge in [0.05, 0.1) is 7.11 Å². The van der Waals surface area contributed by atoms with E-state index in [1.165, 1.54) is 7.11 Å². The van der Waals surface area contributed by atoms with Crippen molar-refractivity contribution in [1.82, 2.24) is 0 Å². The van der Waals surface area contributed by atoms with Crippen molar-refractivity contribution in [3.63, 3.8) is 0 Å². The molecule has 0 saturated heterocycles. The van der Waals surface area contributed by atoms with Gasteiger partial charge in [-0.1, -0.05) is 36.4 Å². The van der Waals surface area contributed by atoms with Crippen LogP contribution in [0.1, 0.15) is 30.0 Å². The molecule has 2 aromatic rings. The predicted molar refractivity (Wildman–Crippen MR) is 93.2 cm³/mol. The van der Waals surface area contributed by atoms with Gasteiger partial charge in [0.15, 0.2) is 11.5 Å². The molecule has 2 N–H and O–H groups in total. The quantitative estimate of drug-likeness (QED) is 0.737. The Morgan fingerprint density at radius 2 is 1.72 bits per heavy atom. The third-order valence-corrected chi connectivity index (χ3v) is 3.59. The molecule has 0 heterocycles. The van der Waals surface area contributed by atoms with Crippen LogP contribution in [-0.2, 0) is 6.61 Å².